The second kappa shape index (κ2) is 10.4. The summed E-state index contributed by atoms with van der Waals surface area (Å²) in [5.74, 6) is 1.71. The number of hydrogen-bond acceptors (Lipinski definition) is 6. The van der Waals surface area contributed by atoms with Crippen LogP contribution in [0.1, 0.15) is 22.8 Å². The van der Waals surface area contributed by atoms with Gasteiger partial charge in [0, 0.05) is 49.4 Å². The number of hydrogen-bond donors (Lipinski definition) is 1. The van der Waals surface area contributed by atoms with Crippen molar-refractivity contribution in [1.82, 2.24) is 9.21 Å². The van der Waals surface area contributed by atoms with Gasteiger partial charge in [-0.05, 0) is 36.8 Å². The molecule has 9 heteroatoms. The monoisotopic (exact) mass is 461 g/mol. The van der Waals surface area contributed by atoms with Crippen molar-refractivity contribution in [1.29, 1.82) is 0 Å². The third-order valence-electron chi connectivity index (χ3n) is 5.06. The summed E-state index contributed by atoms with van der Waals surface area (Å²) in [7, 11) is -2.48. The molecule has 2 aromatic carbocycles. The largest absolute Gasteiger partial charge is 0.325 e. The number of rotatable bonds is 8. The lowest BCUT2D eigenvalue weighted by atomic mass is 10.2. The van der Waals surface area contributed by atoms with E-state index in [4.69, 9.17) is 0 Å². The van der Waals surface area contributed by atoms with Crippen molar-refractivity contribution in [3.8, 4) is 0 Å². The SMILES string of the molecule is CC(=O)c1ccc(S(=O)(=O)N(C)CC(=O)Nc2cccc(CN3CCSCC3)c2)cc1. The van der Waals surface area contributed by atoms with Crippen LogP contribution in [0.2, 0.25) is 0 Å². The lowest BCUT2D eigenvalue weighted by Crippen LogP contribution is -2.35. The number of Topliss-reactive ketones (excluding diaryl/α,β-unsaturated/α-hetero) is 1. The molecule has 31 heavy (non-hydrogen) atoms. The van der Waals surface area contributed by atoms with Crippen LogP contribution in [0.15, 0.2) is 53.4 Å². The molecule has 0 atom stereocenters. The van der Waals surface area contributed by atoms with E-state index in [2.05, 4.69) is 10.2 Å². The minimum absolute atomic E-state index is 0.0366. The Kier molecular flexibility index (Phi) is 7.88. The molecule has 0 radical (unpaired) electrons. The number of anilines is 1. The van der Waals surface area contributed by atoms with E-state index >= 15 is 0 Å². The number of likely N-dealkylation sites (N-methyl/N-ethyl adjacent to an activating group) is 1. The van der Waals surface area contributed by atoms with Crippen molar-refractivity contribution in [3.63, 3.8) is 0 Å². The average molecular weight is 462 g/mol. The van der Waals surface area contributed by atoms with E-state index in [1.807, 2.05) is 30.0 Å². The summed E-state index contributed by atoms with van der Waals surface area (Å²) in [5, 5.41) is 2.79. The third kappa shape index (κ3) is 6.39. The predicted octanol–water partition coefficient (Wildman–Crippen LogP) is 2.70. The third-order valence-corrected chi connectivity index (χ3v) is 7.82. The number of carbonyl (C=O) groups is 2. The molecule has 1 aliphatic heterocycles. The summed E-state index contributed by atoms with van der Waals surface area (Å²) >= 11 is 1.96. The van der Waals surface area contributed by atoms with Crippen LogP contribution in [0.4, 0.5) is 5.69 Å². The van der Waals surface area contributed by atoms with Gasteiger partial charge in [-0.1, -0.05) is 24.3 Å². The van der Waals surface area contributed by atoms with E-state index in [9.17, 15) is 18.0 Å². The molecule has 0 aliphatic carbocycles. The zero-order valence-corrected chi connectivity index (χ0v) is 19.3. The van der Waals surface area contributed by atoms with E-state index in [1.54, 1.807) is 6.07 Å². The highest BCUT2D eigenvalue weighted by Gasteiger charge is 2.23. The summed E-state index contributed by atoms with van der Waals surface area (Å²) in [6, 6.07) is 13.3. The quantitative estimate of drug-likeness (QED) is 0.609. The van der Waals surface area contributed by atoms with E-state index in [1.165, 1.54) is 38.2 Å². The molecule has 0 aromatic heterocycles. The maximum Gasteiger partial charge on any atom is 0.243 e. The van der Waals surface area contributed by atoms with Gasteiger partial charge in [0.2, 0.25) is 15.9 Å². The zero-order valence-electron chi connectivity index (χ0n) is 17.7. The van der Waals surface area contributed by atoms with Crippen LogP contribution in [-0.2, 0) is 21.4 Å². The molecule has 3 rings (SSSR count). The van der Waals surface area contributed by atoms with E-state index in [-0.39, 0.29) is 17.2 Å². The molecule has 1 aliphatic rings. The van der Waals surface area contributed by atoms with Gasteiger partial charge in [-0.2, -0.15) is 16.1 Å². The molecule has 0 unspecified atom stereocenters. The molecule has 1 N–H and O–H groups in total. The van der Waals surface area contributed by atoms with Gasteiger partial charge in [-0.25, -0.2) is 8.42 Å². The Bertz CT molecular complexity index is 1030. The fourth-order valence-electron chi connectivity index (χ4n) is 3.29. The van der Waals surface area contributed by atoms with Gasteiger partial charge >= 0.3 is 0 Å². The Morgan fingerprint density at radius 3 is 2.42 bits per heavy atom. The Labute approximate surface area is 187 Å². The van der Waals surface area contributed by atoms with Crippen LogP contribution < -0.4 is 5.32 Å². The molecule has 2 aromatic rings. The molecule has 0 spiro atoms. The van der Waals surface area contributed by atoms with Crippen molar-refractivity contribution in [2.75, 3.05) is 43.5 Å². The molecule has 1 amide bonds. The van der Waals surface area contributed by atoms with E-state index < -0.39 is 15.9 Å². The van der Waals surface area contributed by atoms with Crippen molar-refractivity contribution in [3.05, 3.63) is 59.7 Å². The van der Waals surface area contributed by atoms with Crippen LogP contribution in [0.25, 0.3) is 0 Å². The van der Waals surface area contributed by atoms with Crippen LogP contribution in [0.3, 0.4) is 0 Å². The predicted molar refractivity (Wildman–Crippen MR) is 124 cm³/mol. The number of nitrogens with one attached hydrogen (secondary N) is 1. The summed E-state index contributed by atoms with van der Waals surface area (Å²) in [6.45, 7) is 4.04. The molecule has 1 heterocycles. The normalized spacial score (nSPS) is 15.1. The molecule has 7 nitrogen and oxygen atoms in total. The second-order valence-corrected chi connectivity index (χ2v) is 10.7. The highest BCUT2D eigenvalue weighted by molar-refractivity contribution is 7.99. The summed E-state index contributed by atoms with van der Waals surface area (Å²) in [5.41, 5.74) is 2.18. The minimum atomic E-state index is -3.84. The Morgan fingerprint density at radius 1 is 1.10 bits per heavy atom. The number of carbonyl (C=O) groups excluding carboxylic acids is 2. The van der Waals surface area contributed by atoms with Crippen LogP contribution >= 0.6 is 11.8 Å². The van der Waals surface area contributed by atoms with Crippen molar-refractivity contribution >= 4 is 39.2 Å². The first kappa shape index (κ1) is 23.5. The minimum Gasteiger partial charge on any atom is -0.325 e. The van der Waals surface area contributed by atoms with Gasteiger partial charge < -0.3 is 5.32 Å². The highest BCUT2D eigenvalue weighted by Crippen LogP contribution is 2.18. The molecule has 1 saturated heterocycles. The van der Waals surface area contributed by atoms with Gasteiger partial charge in [-0.3, -0.25) is 14.5 Å². The van der Waals surface area contributed by atoms with Crippen molar-refractivity contribution < 1.29 is 18.0 Å². The molecule has 0 saturated carbocycles. The summed E-state index contributed by atoms with van der Waals surface area (Å²) in [6.07, 6.45) is 0. The number of thioether (sulfide) groups is 1. The first-order valence-electron chi connectivity index (χ1n) is 10.0. The van der Waals surface area contributed by atoms with Gasteiger partial charge in [0.25, 0.3) is 0 Å². The standard InChI is InChI=1S/C22H27N3O4S2/c1-17(26)19-6-8-21(9-7-19)31(28,29)24(2)16-22(27)23-20-5-3-4-18(14-20)15-25-10-12-30-13-11-25/h3-9,14H,10-13,15-16H2,1-2H3,(H,23,27). The maximum absolute atomic E-state index is 12.7. The summed E-state index contributed by atoms with van der Waals surface area (Å²) < 4.78 is 26.5. The lowest BCUT2D eigenvalue weighted by Gasteiger charge is -2.26. The first-order chi connectivity index (χ1) is 14.8. The fourth-order valence-corrected chi connectivity index (χ4v) is 5.40. The number of ketones is 1. The topological polar surface area (TPSA) is 86.8 Å². The zero-order chi connectivity index (χ0) is 22.4. The smallest absolute Gasteiger partial charge is 0.243 e. The number of sulfonamides is 1. The van der Waals surface area contributed by atoms with Gasteiger partial charge in [0.1, 0.15) is 0 Å². The number of benzene rings is 2. The molecule has 1 fully saturated rings. The average Bonchev–Trinajstić information content (AvgIpc) is 2.74. The number of nitrogens with zero attached hydrogens (tertiary/aromatic N) is 2. The Balaban J connectivity index is 1.60. The van der Waals surface area contributed by atoms with Crippen LogP contribution in [0, 0.1) is 0 Å². The van der Waals surface area contributed by atoms with Gasteiger partial charge in [0.15, 0.2) is 5.78 Å². The fraction of sp³-hybridized carbons (Fsp3) is 0.364. The molecule has 0 bridgehead atoms. The molecular weight excluding hydrogens is 434 g/mol. The van der Waals surface area contributed by atoms with Crippen molar-refractivity contribution in [2.24, 2.45) is 0 Å². The number of amides is 1. The molecular formula is C22H27N3O4S2. The van der Waals surface area contributed by atoms with Crippen molar-refractivity contribution in [2.45, 2.75) is 18.4 Å². The highest BCUT2D eigenvalue weighted by atomic mass is 32.2. The Morgan fingerprint density at radius 2 is 1.77 bits per heavy atom. The van der Waals surface area contributed by atoms with Crippen LogP contribution in [0.5, 0.6) is 0 Å². The van der Waals surface area contributed by atoms with Gasteiger partial charge in [0.05, 0.1) is 11.4 Å². The maximum atomic E-state index is 12.7. The van der Waals surface area contributed by atoms with E-state index in [0.717, 1.165) is 41.0 Å². The first-order valence-corrected chi connectivity index (χ1v) is 12.6. The Hall–Kier alpha value is -2.20. The summed E-state index contributed by atoms with van der Waals surface area (Å²) in [4.78, 5) is 26.3. The van der Waals surface area contributed by atoms with Crippen LogP contribution in [-0.4, -0.2) is 67.5 Å². The second-order valence-electron chi connectivity index (χ2n) is 7.48. The van der Waals surface area contributed by atoms with E-state index in [0.29, 0.717) is 11.3 Å². The van der Waals surface area contributed by atoms with Gasteiger partial charge in [-0.15, -0.1) is 0 Å². The lowest BCUT2D eigenvalue weighted by molar-refractivity contribution is -0.116. The molecule has 166 valence electrons.